The van der Waals surface area contributed by atoms with E-state index < -0.39 is 21.1 Å². The molecule has 3 aromatic rings. The number of hydrogen-bond donors (Lipinski definition) is 2. The normalized spacial score (nSPS) is 15.4. The van der Waals surface area contributed by atoms with Gasteiger partial charge in [-0.05, 0) is 44.2 Å². The van der Waals surface area contributed by atoms with Crippen molar-refractivity contribution in [1.29, 1.82) is 0 Å². The Morgan fingerprint density at radius 3 is 2.71 bits per heavy atom. The van der Waals surface area contributed by atoms with Crippen LogP contribution in [0.25, 0.3) is 10.9 Å². The number of methoxy groups -OCH3 is 1. The first kappa shape index (κ1) is 28.2. The summed E-state index contributed by atoms with van der Waals surface area (Å²) in [5.74, 6) is 0.643. The Hall–Kier alpha value is -2.77. The lowest BCUT2D eigenvalue weighted by atomic mass is 10.2. The highest BCUT2D eigenvalue weighted by atomic mass is 35.5. The molecule has 2 heterocycles. The summed E-state index contributed by atoms with van der Waals surface area (Å²) >= 11 is 5.84. The van der Waals surface area contributed by atoms with Crippen LogP contribution in [0.1, 0.15) is 13.3 Å². The average Bonchev–Trinajstić information content (AvgIpc) is 2.91. The van der Waals surface area contributed by atoms with Crippen LogP contribution in [-0.2, 0) is 14.8 Å². The molecule has 0 amide bonds. The van der Waals surface area contributed by atoms with E-state index in [0.717, 1.165) is 13.1 Å². The summed E-state index contributed by atoms with van der Waals surface area (Å²) in [6, 6.07) is 7.64. The highest BCUT2D eigenvalue weighted by molar-refractivity contribution is 7.90. The topological polar surface area (TPSA) is 115 Å². The van der Waals surface area contributed by atoms with Gasteiger partial charge in [0.1, 0.15) is 24.6 Å². The minimum absolute atomic E-state index is 0.0868. The number of rotatable bonds is 12. The number of hydrogen-bond acceptors (Lipinski definition) is 9. The van der Waals surface area contributed by atoms with E-state index in [2.05, 4.69) is 24.9 Å². The molecule has 2 aromatic carbocycles. The van der Waals surface area contributed by atoms with Gasteiger partial charge in [-0.2, -0.15) is 0 Å². The SMILES string of the molecule is COc1cc2c(Nc3ccc(Cl)cc3F)ncnc2cc1OCCNS(=O)(=O)C(C)CCN1CCOCC1. The molecule has 0 radical (unpaired) electrons. The number of aromatic nitrogens is 2. The number of anilines is 2. The quantitative estimate of drug-likeness (QED) is 0.317. The smallest absolute Gasteiger partial charge is 0.214 e. The molecule has 4 rings (SSSR count). The van der Waals surface area contributed by atoms with Crippen LogP contribution in [0, 0.1) is 5.82 Å². The molecule has 0 bridgehead atoms. The van der Waals surface area contributed by atoms with Crippen LogP contribution in [0.4, 0.5) is 15.9 Å². The highest BCUT2D eigenvalue weighted by Crippen LogP contribution is 2.35. The van der Waals surface area contributed by atoms with E-state index in [1.165, 1.54) is 25.6 Å². The molecule has 1 saturated heterocycles. The Kier molecular flexibility index (Phi) is 9.55. The van der Waals surface area contributed by atoms with Gasteiger partial charge in [0.2, 0.25) is 10.0 Å². The van der Waals surface area contributed by atoms with Crippen LogP contribution < -0.4 is 19.5 Å². The molecule has 0 spiro atoms. The third-order valence-corrected chi connectivity index (χ3v) is 8.39. The van der Waals surface area contributed by atoms with Gasteiger partial charge in [0.25, 0.3) is 0 Å². The standard InChI is InChI=1S/C25H31ClFN5O5S/c1-17(5-7-32-8-11-36-12-9-32)38(33,34)30-6-10-37-24-15-22-19(14-23(24)35-2)25(29-16-28-22)31-21-4-3-18(26)13-20(21)27/h3-4,13-17,30H,5-12H2,1-2H3,(H,28,29,31). The van der Waals surface area contributed by atoms with Gasteiger partial charge in [-0.15, -0.1) is 0 Å². The van der Waals surface area contributed by atoms with E-state index >= 15 is 0 Å². The zero-order chi connectivity index (χ0) is 27.1. The summed E-state index contributed by atoms with van der Waals surface area (Å²) in [6.07, 6.45) is 1.88. The number of benzene rings is 2. The molecule has 1 aliphatic heterocycles. The number of sulfonamides is 1. The Bertz CT molecular complexity index is 1360. The second-order valence-corrected chi connectivity index (χ2v) is 11.5. The molecular formula is C25H31ClFN5O5S. The lowest BCUT2D eigenvalue weighted by molar-refractivity contribution is 0.0374. The molecule has 1 unspecified atom stereocenters. The summed E-state index contributed by atoms with van der Waals surface area (Å²) in [7, 11) is -2.01. The van der Waals surface area contributed by atoms with Gasteiger partial charge < -0.3 is 19.5 Å². The van der Waals surface area contributed by atoms with Crippen LogP contribution >= 0.6 is 11.6 Å². The fraction of sp³-hybridized carbons (Fsp3) is 0.440. The van der Waals surface area contributed by atoms with Gasteiger partial charge in [0, 0.05) is 36.1 Å². The summed E-state index contributed by atoms with van der Waals surface area (Å²) in [6.45, 7) is 5.60. The van der Waals surface area contributed by atoms with Gasteiger partial charge in [-0.3, -0.25) is 4.90 Å². The Labute approximate surface area is 226 Å². The monoisotopic (exact) mass is 567 g/mol. The third kappa shape index (κ3) is 7.20. The van der Waals surface area contributed by atoms with Crippen LogP contribution in [0.2, 0.25) is 5.02 Å². The Morgan fingerprint density at radius 1 is 1.18 bits per heavy atom. The molecule has 10 nitrogen and oxygen atoms in total. The fourth-order valence-corrected chi connectivity index (χ4v) is 5.21. The number of nitrogens with zero attached hydrogens (tertiary/aromatic N) is 3. The highest BCUT2D eigenvalue weighted by Gasteiger charge is 2.22. The lowest BCUT2D eigenvalue weighted by Gasteiger charge is -2.27. The Balaban J connectivity index is 1.37. The fourth-order valence-electron chi connectivity index (χ4n) is 3.99. The van der Waals surface area contributed by atoms with Crippen LogP contribution in [0.5, 0.6) is 11.5 Å². The molecule has 1 aliphatic rings. The predicted molar refractivity (Wildman–Crippen MR) is 145 cm³/mol. The van der Waals surface area contributed by atoms with E-state index in [1.807, 2.05) is 0 Å². The van der Waals surface area contributed by atoms with Crippen molar-refractivity contribution in [3.8, 4) is 11.5 Å². The van der Waals surface area contributed by atoms with Gasteiger partial charge >= 0.3 is 0 Å². The van der Waals surface area contributed by atoms with Crippen molar-refractivity contribution >= 4 is 44.0 Å². The molecule has 13 heteroatoms. The lowest BCUT2D eigenvalue weighted by Crippen LogP contribution is -2.40. The number of ether oxygens (including phenoxy) is 3. The van der Waals surface area contributed by atoms with Crippen molar-refractivity contribution in [3.05, 3.63) is 47.5 Å². The summed E-state index contributed by atoms with van der Waals surface area (Å²) in [4.78, 5) is 10.7. The molecule has 38 heavy (non-hydrogen) atoms. The minimum atomic E-state index is -3.49. The first-order valence-corrected chi connectivity index (χ1v) is 14.2. The van der Waals surface area contributed by atoms with Crippen LogP contribution in [0.3, 0.4) is 0 Å². The summed E-state index contributed by atoms with van der Waals surface area (Å²) in [5.41, 5.74) is 0.741. The van der Waals surface area contributed by atoms with Crippen molar-refractivity contribution in [2.45, 2.75) is 18.6 Å². The van der Waals surface area contributed by atoms with E-state index in [1.54, 1.807) is 25.1 Å². The maximum absolute atomic E-state index is 14.3. The zero-order valence-electron chi connectivity index (χ0n) is 21.2. The number of morpholine rings is 1. The van der Waals surface area contributed by atoms with Crippen molar-refractivity contribution in [2.24, 2.45) is 0 Å². The maximum atomic E-state index is 14.3. The summed E-state index contributed by atoms with van der Waals surface area (Å²) < 4.78 is 58.8. The third-order valence-electron chi connectivity index (χ3n) is 6.25. The second kappa shape index (κ2) is 12.9. The van der Waals surface area contributed by atoms with Crippen LogP contribution in [-0.4, -0.2) is 81.6 Å². The number of halogens is 2. The molecule has 206 valence electrons. The molecule has 1 fully saturated rings. The molecule has 2 N–H and O–H groups in total. The van der Waals surface area contributed by atoms with E-state index in [0.29, 0.717) is 54.4 Å². The molecule has 0 saturated carbocycles. The number of nitrogens with one attached hydrogen (secondary N) is 2. The number of fused-ring (bicyclic) bond motifs is 1. The van der Waals surface area contributed by atoms with Gasteiger partial charge in [0.05, 0.1) is 36.8 Å². The van der Waals surface area contributed by atoms with Crippen molar-refractivity contribution in [3.63, 3.8) is 0 Å². The largest absolute Gasteiger partial charge is 0.493 e. The van der Waals surface area contributed by atoms with E-state index in [4.69, 9.17) is 25.8 Å². The average molecular weight is 568 g/mol. The van der Waals surface area contributed by atoms with E-state index in [-0.39, 0.29) is 23.9 Å². The molecule has 1 atom stereocenters. The van der Waals surface area contributed by atoms with Crippen molar-refractivity contribution < 1.29 is 27.0 Å². The first-order chi connectivity index (χ1) is 18.3. The Morgan fingerprint density at radius 2 is 1.97 bits per heavy atom. The van der Waals surface area contributed by atoms with Crippen molar-refractivity contribution in [2.75, 3.05) is 58.4 Å². The van der Waals surface area contributed by atoms with Gasteiger partial charge in [-0.1, -0.05) is 11.6 Å². The van der Waals surface area contributed by atoms with E-state index in [9.17, 15) is 12.8 Å². The first-order valence-electron chi connectivity index (χ1n) is 12.2. The van der Waals surface area contributed by atoms with Crippen LogP contribution in [0.15, 0.2) is 36.7 Å². The van der Waals surface area contributed by atoms with Gasteiger partial charge in [-0.25, -0.2) is 27.5 Å². The van der Waals surface area contributed by atoms with Crippen molar-refractivity contribution in [1.82, 2.24) is 19.6 Å². The molecular weight excluding hydrogens is 537 g/mol. The molecule has 0 aliphatic carbocycles. The predicted octanol–water partition coefficient (Wildman–Crippen LogP) is 3.58. The minimum Gasteiger partial charge on any atom is -0.493 e. The van der Waals surface area contributed by atoms with Gasteiger partial charge in [0.15, 0.2) is 11.5 Å². The summed E-state index contributed by atoms with van der Waals surface area (Å²) in [5, 5.41) is 3.29. The molecule has 1 aromatic heterocycles. The maximum Gasteiger partial charge on any atom is 0.214 e. The second-order valence-electron chi connectivity index (χ2n) is 8.83. The zero-order valence-corrected chi connectivity index (χ0v) is 22.8.